The third-order valence-electron chi connectivity index (χ3n) is 5.33. The normalized spacial score (nSPS) is 13.1. The van der Waals surface area contributed by atoms with Gasteiger partial charge in [0.05, 0.1) is 22.7 Å². The number of nitrogen functional groups attached to an aromatic ring is 1. The summed E-state index contributed by atoms with van der Waals surface area (Å²) >= 11 is 0. The number of hydrogen-bond donors (Lipinski definition) is 2. The van der Waals surface area contributed by atoms with Crippen LogP contribution >= 0.6 is 0 Å². The minimum atomic E-state index is -1.04. The van der Waals surface area contributed by atoms with Gasteiger partial charge < -0.3 is 15.5 Å². The maximum Gasteiger partial charge on any atom is 0.270 e. The number of anilines is 1. The molecule has 2 aromatic carbocycles. The molecule has 0 aliphatic carbocycles. The Hall–Kier alpha value is -3.43. The highest BCUT2D eigenvalue weighted by Crippen LogP contribution is 2.28. The maximum atomic E-state index is 12.5. The van der Waals surface area contributed by atoms with E-state index in [9.17, 15) is 4.21 Å². The Morgan fingerprint density at radius 3 is 2.36 bits per heavy atom. The third-order valence-corrected chi connectivity index (χ3v) is 7.13. The monoisotopic (exact) mass is 462 g/mol. The van der Waals surface area contributed by atoms with E-state index < -0.39 is 10.8 Å². The van der Waals surface area contributed by atoms with E-state index in [1.165, 1.54) is 0 Å². The summed E-state index contributed by atoms with van der Waals surface area (Å²) in [5, 5.41) is 11.5. The standard InChI is InChI=1S/C24H26N6O2S/c1-4-15(2)33(31)19-11-9-17(10-12-19)20-14-27-22(25)21(28-20)24-30-29-23(32-24)18-7-5-16(6-8-18)13-26-3/h5-12,14-15,26H,4,13H2,1-3H3,(H2,25,27). The Labute approximate surface area is 195 Å². The lowest BCUT2D eigenvalue weighted by atomic mass is 10.1. The lowest BCUT2D eigenvalue weighted by Gasteiger charge is -2.09. The molecular formula is C24H26N6O2S. The van der Waals surface area contributed by atoms with E-state index in [1.54, 1.807) is 6.20 Å². The topological polar surface area (TPSA) is 120 Å². The molecule has 2 aromatic heterocycles. The summed E-state index contributed by atoms with van der Waals surface area (Å²) in [6.07, 6.45) is 2.45. The van der Waals surface area contributed by atoms with Gasteiger partial charge >= 0.3 is 0 Å². The van der Waals surface area contributed by atoms with Crippen molar-refractivity contribution in [1.29, 1.82) is 0 Å². The molecule has 0 aliphatic rings. The van der Waals surface area contributed by atoms with Gasteiger partial charge in [-0.25, -0.2) is 9.97 Å². The molecule has 0 saturated heterocycles. The molecule has 0 radical (unpaired) electrons. The molecule has 0 spiro atoms. The number of hydrogen-bond acceptors (Lipinski definition) is 8. The van der Waals surface area contributed by atoms with Crippen LogP contribution in [0.15, 0.2) is 64.0 Å². The van der Waals surface area contributed by atoms with Crippen LogP contribution in [0, 0.1) is 0 Å². The molecule has 2 unspecified atom stereocenters. The van der Waals surface area contributed by atoms with Gasteiger partial charge in [-0.2, -0.15) is 0 Å². The number of nitrogens with two attached hydrogens (primary N) is 1. The molecule has 0 saturated carbocycles. The van der Waals surface area contributed by atoms with Crippen LogP contribution in [-0.4, -0.2) is 36.7 Å². The molecule has 0 fully saturated rings. The van der Waals surface area contributed by atoms with Crippen molar-refractivity contribution in [1.82, 2.24) is 25.5 Å². The van der Waals surface area contributed by atoms with Gasteiger partial charge in [0.1, 0.15) is 0 Å². The first kappa shape index (κ1) is 22.8. The van der Waals surface area contributed by atoms with Gasteiger partial charge in [0.25, 0.3) is 5.89 Å². The highest BCUT2D eigenvalue weighted by Gasteiger charge is 2.17. The van der Waals surface area contributed by atoms with Crippen LogP contribution in [0.5, 0.6) is 0 Å². The summed E-state index contributed by atoms with van der Waals surface area (Å²) in [5.74, 6) is 0.781. The highest BCUT2D eigenvalue weighted by molar-refractivity contribution is 7.85. The molecule has 0 aliphatic heterocycles. The van der Waals surface area contributed by atoms with Crippen molar-refractivity contribution in [3.05, 3.63) is 60.3 Å². The summed E-state index contributed by atoms with van der Waals surface area (Å²) in [7, 11) is 0.861. The molecule has 4 aromatic rings. The van der Waals surface area contributed by atoms with Crippen molar-refractivity contribution < 1.29 is 8.63 Å². The average Bonchev–Trinajstić information content (AvgIpc) is 3.34. The Bertz CT molecular complexity index is 1250. The van der Waals surface area contributed by atoms with Crippen LogP contribution < -0.4 is 11.1 Å². The van der Waals surface area contributed by atoms with Gasteiger partial charge in [-0.3, -0.25) is 4.21 Å². The van der Waals surface area contributed by atoms with Crippen molar-refractivity contribution >= 4 is 16.6 Å². The summed E-state index contributed by atoms with van der Waals surface area (Å²) in [4.78, 5) is 9.67. The number of nitrogens with one attached hydrogen (secondary N) is 1. The Morgan fingerprint density at radius 1 is 1.03 bits per heavy atom. The third kappa shape index (κ3) is 4.99. The summed E-state index contributed by atoms with van der Waals surface area (Å²) in [6.45, 7) is 4.80. The van der Waals surface area contributed by atoms with E-state index in [-0.39, 0.29) is 17.0 Å². The van der Waals surface area contributed by atoms with Gasteiger partial charge in [0, 0.05) is 27.8 Å². The van der Waals surface area contributed by atoms with Crippen molar-refractivity contribution in [3.63, 3.8) is 0 Å². The number of rotatable bonds is 8. The summed E-state index contributed by atoms with van der Waals surface area (Å²) < 4.78 is 18.4. The van der Waals surface area contributed by atoms with Crippen molar-refractivity contribution in [2.24, 2.45) is 0 Å². The Morgan fingerprint density at radius 2 is 1.70 bits per heavy atom. The first-order valence-corrected chi connectivity index (χ1v) is 11.9. The maximum absolute atomic E-state index is 12.5. The van der Waals surface area contributed by atoms with E-state index in [2.05, 4.69) is 25.5 Å². The van der Waals surface area contributed by atoms with Gasteiger partial charge in [-0.05, 0) is 43.3 Å². The minimum Gasteiger partial charge on any atom is -0.414 e. The molecule has 0 bridgehead atoms. The van der Waals surface area contributed by atoms with Gasteiger partial charge in [0.15, 0.2) is 11.5 Å². The fourth-order valence-corrected chi connectivity index (χ4v) is 4.41. The predicted octanol–water partition coefficient (Wildman–Crippen LogP) is 4.07. The van der Waals surface area contributed by atoms with E-state index in [4.69, 9.17) is 10.2 Å². The zero-order valence-electron chi connectivity index (χ0n) is 18.8. The molecule has 0 amide bonds. The fraction of sp³-hybridized carbons (Fsp3) is 0.250. The molecular weight excluding hydrogens is 436 g/mol. The first-order valence-electron chi connectivity index (χ1n) is 10.7. The first-order chi connectivity index (χ1) is 16.0. The average molecular weight is 463 g/mol. The molecule has 8 nitrogen and oxygen atoms in total. The van der Waals surface area contributed by atoms with Gasteiger partial charge in [-0.15, -0.1) is 10.2 Å². The van der Waals surface area contributed by atoms with Crippen LogP contribution in [0.25, 0.3) is 34.3 Å². The molecule has 2 heterocycles. The molecule has 9 heteroatoms. The molecule has 3 N–H and O–H groups in total. The zero-order valence-corrected chi connectivity index (χ0v) is 19.6. The van der Waals surface area contributed by atoms with Crippen LogP contribution in [0.4, 0.5) is 5.82 Å². The smallest absolute Gasteiger partial charge is 0.270 e. The predicted molar refractivity (Wildman–Crippen MR) is 130 cm³/mol. The molecule has 33 heavy (non-hydrogen) atoms. The number of benzene rings is 2. The molecule has 170 valence electrons. The SMILES string of the molecule is CCC(C)S(=O)c1ccc(-c2cnc(N)c(-c3nnc(-c4ccc(CNC)cc4)o3)n2)cc1. The second kappa shape index (κ2) is 10.0. The van der Waals surface area contributed by atoms with Crippen molar-refractivity contribution in [2.75, 3.05) is 12.8 Å². The fourth-order valence-electron chi connectivity index (χ4n) is 3.24. The van der Waals surface area contributed by atoms with E-state index in [0.29, 0.717) is 17.3 Å². The van der Waals surface area contributed by atoms with Gasteiger partial charge in [0.2, 0.25) is 5.89 Å². The van der Waals surface area contributed by atoms with Crippen LogP contribution in [0.2, 0.25) is 0 Å². The Balaban J connectivity index is 1.60. The second-order valence-electron chi connectivity index (χ2n) is 7.67. The second-order valence-corrected chi connectivity index (χ2v) is 9.54. The Kier molecular flexibility index (Phi) is 6.90. The lowest BCUT2D eigenvalue weighted by Crippen LogP contribution is -2.09. The molecule has 2 atom stereocenters. The largest absolute Gasteiger partial charge is 0.414 e. The minimum absolute atomic E-state index is 0.102. The van der Waals surface area contributed by atoms with Crippen molar-refractivity contribution in [3.8, 4) is 34.3 Å². The zero-order chi connectivity index (χ0) is 23.4. The quantitative estimate of drug-likeness (QED) is 0.402. The number of nitrogens with zero attached hydrogens (tertiary/aromatic N) is 4. The highest BCUT2D eigenvalue weighted by atomic mass is 32.2. The number of aromatic nitrogens is 4. The molecule has 4 rings (SSSR count). The lowest BCUT2D eigenvalue weighted by molar-refractivity contribution is 0.582. The summed E-state index contributed by atoms with van der Waals surface area (Å²) in [6, 6.07) is 15.3. The van der Waals surface area contributed by atoms with Gasteiger partial charge in [-0.1, -0.05) is 38.1 Å². The van der Waals surface area contributed by atoms with Crippen LogP contribution in [0.1, 0.15) is 25.8 Å². The van der Waals surface area contributed by atoms with E-state index >= 15 is 0 Å². The van der Waals surface area contributed by atoms with Crippen LogP contribution in [0.3, 0.4) is 0 Å². The summed E-state index contributed by atoms with van der Waals surface area (Å²) in [5.41, 5.74) is 9.79. The van der Waals surface area contributed by atoms with E-state index in [1.807, 2.05) is 69.4 Å². The van der Waals surface area contributed by atoms with E-state index in [0.717, 1.165) is 34.6 Å². The van der Waals surface area contributed by atoms with Crippen molar-refractivity contribution in [2.45, 2.75) is 37.0 Å². The van der Waals surface area contributed by atoms with Crippen LogP contribution in [-0.2, 0) is 17.3 Å².